The molecule has 5 rings (SSSR count). The van der Waals surface area contributed by atoms with Crippen LogP contribution in [0.1, 0.15) is 76.7 Å². The Bertz CT molecular complexity index is 1170. The van der Waals surface area contributed by atoms with Gasteiger partial charge in [0.25, 0.3) is 0 Å². The van der Waals surface area contributed by atoms with E-state index in [4.69, 9.17) is 0 Å². The smallest absolute Gasteiger partial charge is 0.00515 e. The summed E-state index contributed by atoms with van der Waals surface area (Å²) >= 11 is 0. The first-order valence-corrected chi connectivity index (χ1v) is 14.2. The molecule has 1 saturated carbocycles. The number of hydrogen-bond acceptors (Lipinski definition) is 0. The van der Waals surface area contributed by atoms with E-state index in [0.717, 1.165) is 31.1 Å². The van der Waals surface area contributed by atoms with Crippen LogP contribution in [-0.4, -0.2) is 0 Å². The highest BCUT2D eigenvalue weighted by Gasteiger charge is 2.28. The highest BCUT2D eigenvalue weighted by Crippen LogP contribution is 2.42. The Morgan fingerprint density at radius 1 is 0.944 bits per heavy atom. The minimum absolute atomic E-state index is 0.459. The molecule has 4 aliphatic rings. The van der Waals surface area contributed by atoms with Gasteiger partial charge in [-0.3, -0.25) is 0 Å². The molecule has 4 aliphatic carbocycles. The normalized spacial score (nSPS) is 24.1. The summed E-state index contributed by atoms with van der Waals surface area (Å²) in [5, 5.41) is 0. The first-order valence-electron chi connectivity index (χ1n) is 14.2. The third-order valence-electron chi connectivity index (χ3n) is 8.91. The lowest BCUT2D eigenvalue weighted by atomic mass is 9.73. The van der Waals surface area contributed by atoms with Crippen LogP contribution >= 0.6 is 0 Å². The average molecular weight is 475 g/mol. The van der Waals surface area contributed by atoms with Gasteiger partial charge in [0.2, 0.25) is 0 Å². The molecular weight excluding hydrogens is 432 g/mol. The van der Waals surface area contributed by atoms with E-state index in [1.54, 1.807) is 5.57 Å². The van der Waals surface area contributed by atoms with E-state index in [1.807, 2.05) is 0 Å². The van der Waals surface area contributed by atoms with E-state index >= 15 is 0 Å². The Labute approximate surface area is 219 Å². The summed E-state index contributed by atoms with van der Waals surface area (Å²) in [6.45, 7) is 11.2. The van der Waals surface area contributed by atoms with Crippen molar-refractivity contribution in [3.8, 4) is 0 Å². The summed E-state index contributed by atoms with van der Waals surface area (Å²) in [6, 6.07) is 10.8. The van der Waals surface area contributed by atoms with E-state index in [2.05, 4.69) is 92.9 Å². The predicted octanol–water partition coefficient (Wildman–Crippen LogP) is 10.3. The molecule has 3 unspecified atom stereocenters. The van der Waals surface area contributed by atoms with Crippen LogP contribution < -0.4 is 0 Å². The molecule has 1 aromatic carbocycles. The first-order chi connectivity index (χ1) is 17.6. The average Bonchev–Trinajstić information content (AvgIpc) is 3.68. The molecule has 0 nitrogen and oxygen atoms in total. The Balaban J connectivity index is 1.28. The van der Waals surface area contributed by atoms with Crippen molar-refractivity contribution in [2.75, 3.05) is 0 Å². The van der Waals surface area contributed by atoms with Gasteiger partial charge in [-0.05, 0) is 97.1 Å². The molecule has 1 fully saturated rings. The predicted molar refractivity (Wildman–Crippen MR) is 156 cm³/mol. The van der Waals surface area contributed by atoms with Crippen molar-refractivity contribution in [2.45, 2.75) is 71.1 Å². The third-order valence-corrected chi connectivity index (χ3v) is 8.91. The van der Waals surface area contributed by atoms with Crippen molar-refractivity contribution >= 4 is 5.57 Å². The number of benzene rings is 1. The quantitative estimate of drug-likeness (QED) is 0.296. The van der Waals surface area contributed by atoms with Gasteiger partial charge in [0, 0.05) is 5.92 Å². The van der Waals surface area contributed by atoms with Crippen molar-refractivity contribution in [3.63, 3.8) is 0 Å². The van der Waals surface area contributed by atoms with Gasteiger partial charge < -0.3 is 0 Å². The van der Waals surface area contributed by atoms with Crippen LogP contribution in [-0.2, 0) is 0 Å². The summed E-state index contributed by atoms with van der Waals surface area (Å²) in [6.07, 6.45) is 29.0. The first kappa shape index (κ1) is 24.8. The monoisotopic (exact) mass is 474 g/mol. The molecule has 0 bridgehead atoms. The lowest BCUT2D eigenvalue weighted by molar-refractivity contribution is 0.249. The number of rotatable bonds is 10. The van der Waals surface area contributed by atoms with Crippen molar-refractivity contribution in [1.82, 2.24) is 0 Å². The van der Waals surface area contributed by atoms with Crippen molar-refractivity contribution < 1.29 is 0 Å². The molecule has 0 heteroatoms. The van der Waals surface area contributed by atoms with Crippen molar-refractivity contribution in [2.24, 2.45) is 17.8 Å². The number of hydrogen-bond donors (Lipinski definition) is 0. The van der Waals surface area contributed by atoms with Gasteiger partial charge in [-0.15, -0.1) is 0 Å². The molecule has 3 atom stereocenters. The molecule has 0 saturated heterocycles. The summed E-state index contributed by atoms with van der Waals surface area (Å²) in [4.78, 5) is 0. The third kappa shape index (κ3) is 5.59. The second kappa shape index (κ2) is 11.5. The Hall–Kier alpha value is -2.86. The van der Waals surface area contributed by atoms with Crippen molar-refractivity contribution in [3.05, 3.63) is 125 Å². The molecular formula is C36H42. The van der Waals surface area contributed by atoms with Gasteiger partial charge in [0.1, 0.15) is 0 Å². The van der Waals surface area contributed by atoms with Gasteiger partial charge in [-0.2, -0.15) is 0 Å². The van der Waals surface area contributed by atoms with Gasteiger partial charge in [-0.1, -0.05) is 116 Å². The topological polar surface area (TPSA) is 0 Å². The van der Waals surface area contributed by atoms with E-state index in [-0.39, 0.29) is 0 Å². The summed E-state index contributed by atoms with van der Waals surface area (Å²) < 4.78 is 0. The fourth-order valence-electron chi connectivity index (χ4n) is 6.85. The maximum absolute atomic E-state index is 4.65. The molecule has 0 radical (unpaired) electrons. The Morgan fingerprint density at radius 2 is 1.75 bits per heavy atom. The Kier molecular flexibility index (Phi) is 7.90. The van der Waals surface area contributed by atoms with Crippen LogP contribution in [0.25, 0.3) is 5.57 Å². The summed E-state index contributed by atoms with van der Waals surface area (Å²) in [5.41, 5.74) is 11.3. The standard InChI is InChI=1S/C36H42/c1-26(2)35-18-10-9-16-30(35)17-11-19-36(27(3)28-12-7-8-13-28)34-23-22-33(25-34)32-21-20-31(24-32)29-14-5-4-6-15-29/h4-8,12,14-15,20,22,24-25,30,35-36H,1,3,9-11,13,16-19,21,23H2,2H3. The molecule has 36 heavy (non-hydrogen) atoms. The maximum Gasteiger partial charge on any atom is 0.00515 e. The van der Waals surface area contributed by atoms with E-state index < -0.39 is 0 Å². The van der Waals surface area contributed by atoms with E-state index in [0.29, 0.717) is 5.92 Å². The largest absolute Gasteiger partial charge is 0.0999 e. The Morgan fingerprint density at radius 3 is 2.53 bits per heavy atom. The van der Waals surface area contributed by atoms with E-state index in [9.17, 15) is 0 Å². The van der Waals surface area contributed by atoms with Gasteiger partial charge in [0.05, 0.1) is 0 Å². The molecule has 0 spiro atoms. The zero-order chi connectivity index (χ0) is 24.9. The van der Waals surface area contributed by atoms with Crippen LogP contribution in [0.3, 0.4) is 0 Å². The molecule has 1 aromatic rings. The van der Waals surface area contributed by atoms with Crippen LogP contribution in [0, 0.1) is 17.8 Å². The minimum Gasteiger partial charge on any atom is -0.0999 e. The van der Waals surface area contributed by atoms with Crippen LogP contribution in [0.15, 0.2) is 119 Å². The highest BCUT2D eigenvalue weighted by molar-refractivity contribution is 5.79. The fraction of sp³-hybridized carbons (Fsp3) is 0.389. The second-order valence-electron chi connectivity index (χ2n) is 11.3. The molecule has 0 aliphatic heterocycles. The lowest BCUT2D eigenvalue weighted by Gasteiger charge is -2.32. The molecule has 0 aromatic heterocycles. The summed E-state index contributed by atoms with van der Waals surface area (Å²) in [5.74, 6) is 2.02. The molecule has 0 N–H and O–H groups in total. The van der Waals surface area contributed by atoms with Gasteiger partial charge >= 0.3 is 0 Å². The van der Waals surface area contributed by atoms with E-state index in [1.165, 1.54) is 83.9 Å². The van der Waals surface area contributed by atoms with Gasteiger partial charge in [-0.25, -0.2) is 0 Å². The van der Waals surface area contributed by atoms with Crippen LogP contribution in [0.2, 0.25) is 0 Å². The van der Waals surface area contributed by atoms with Crippen LogP contribution in [0.4, 0.5) is 0 Å². The molecule has 0 heterocycles. The SMILES string of the molecule is C=C(C1=CC=CC1)C(CCCC1CCCCC1C(=C)C)C1=CC(C2=CC(c3ccccc3)=CC2)=CC1. The van der Waals surface area contributed by atoms with Crippen LogP contribution in [0.5, 0.6) is 0 Å². The molecule has 186 valence electrons. The van der Waals surface area contributed by atoms with Gasteiger partial charge in [0.15, 0.2) is 0 Å². The van der Waals surface area contributed by atoms with Crippen molar-refractivity contribution in [1.29, 1.82) is 0 Å². The zero-order valence-electron chi connectivity index (χ0n) is 22.1. The summed E-state index contributed by atoms with van der Waals surface area (Å²) in [7, 11) is 0. The maximum atomic E-state index is 4.65. The zero-order valence-corrected chi connectivity index (χ0v) is 22.1. The number of allylic oxidation sites excluding steroid dienone is 14. The second-order valence-corrected chi connectivity index (χ2v) is 11.3. The lowest BCUT2D eigenvalue weighted by Crippen LogP contribution is -2.20. The minimum atomic E-state index is 0.459. The molecule has 0 amide bonds. The fourth-order valence-corrected chi connectivity index (χ4v) is 6.85. The highest BCUT2D eigenvalue weighted by atomic mass is 14.3.